The number of rotatable bonds is 3. The molecular formula is C14H15N3OS. The average molecular weight is 273 g/mol. The molecule has 0 saturated carbocycles. The van der Waals surface area contributed by atoms with E-state index < -0.39 is 0 Å². The summed E-state index contributed by atoms with van der Waals surface area (Å²) in [6, 6.07) is 6.20. The summed E-state index contributed by atoms with van der Waals surface area (Å²) in [5, 5.41) is 9.28. The van der Waals surface area contributed by atoms with Crippen LogP contribution >= 0.6 is 11.3 Å². The molecule has 1 N–H and O–H groups in total. The summed E-state index contributed by atoms with van der Waals surface area (Å²) in [7, 11) is 0. The van der Waals surface area contributed by atoms with E-state index in [0.29, 0.717) is 0 Å². The fourth-order valence-corrected chi connectivity index (χ4v) is 2.90. The molecule has 5 heteroatoms. The Labute approximate surface area is 115 Å². The molecule has 0 spiro atoms. The maximum atomic E-state index is 11.8. The number of hydrogen-bond donors (Lipinski definition) is 1. The van der Waals surface area contributed by atoms with Gasteiger partial charge in [0.1, 0.15) is 0 Å². The Morgan fingerprint density at radius 1 is 1.53 bits per heavy atom. The van der Waals surface area contributed by atoms with Crippen molar-refractivity contribution in [2.24, 2.45) is 0 Å². The molecule has 4 nitrogen and oxygen atoms in total. The van der Waals surface area contributed by atoms with E-state index in [1.54, 1.807) is 17.4 Å². The SMILES string of the molecule is O=C(/C=C/c1cccs1)NC1CCn2nccc2C1. The third-order valence-corrected chi connectivity index (χ3v) is 4.08. The molecule has 1 aliphatic heterocycles. The summed E-state index contributed by atoms with van der Waals surface area (Å²) in [6.07, 6.45) is 7.08. The van der Waals surface area contributed by atoms with Gasteiger partial charge in [-0.05, 0) is 30.0 Å². The van der Waals surface area contributed by atoms with Gasteiger partial charge >= 0.3 is 0 Å². The van der Waals surface area contributed by atoms with Crippen LogP contribution in [0.3, 0.4) is 0 Å². The van der Waals surface area contributed by atoms with Crippen molar-refractivity contribution in [3.05, 3.63) is 46.4 Å². The molecule has 0 fully saturated rings. The molecule has 3 rings (SSSR count). The number of aryl methyl sites for hydroxylation is 1. The Balaban J connectivity index is 1.56. The summed E-state index contributed by atoms with van der Waals surface area (Å²) in [5.41, 5.74) is 1.19. The van der Waals surface area contributed by atoms with Crippen LogP contribution in [0.5, 0.6) is 0 Å². The molecule has 98 valence electrons. The molecule has 0 aromatic carbocycles. The summed E-state index contributed by atoms with van der Waals surface area (Å²) in [6.45, 7) is 0.877. The van der Waals surface area contributed by atoms with Gasteiger partial charge in [0, 0.05) is 41.9 Å². The molecule has 0 saturated heterocycles. The van der Waals surface area contributed by atoms with Gasteiger partial charge in [-0.3, -0.25) is 9.48 Å². The van der Waals surface area contributed by atoms with E-state index in [9.17, 15) is 4.79 Å². The zero-order chi connectivity index (χ0) is 13.1. The van der Waals surface area contributed by atoms with E-state index in [2.05, 4.69) is 10.4 Å². The Kier molecular flexibility index (Phi) is 3.46. The smallest absolute Gasteiger partial charge is 0.244 e. The van der Waals surface area contributed by atoms with E-state index in [1.165, 1.54) is 5.69 Å². The molecule has 19 heavy (non-hydrogen) atoms. The van der Waals surface area contributed by atoms with Crippen molar-refractivity contribution in [3.63, 3.8) is 0 Å². The minimum atomic E-state index is -0.0219. The quantitative estimate of drug-likeness (QED) is 0.870. The van der Waals surface area contributed by atoms with Gasteiger partial charge in [-0.25, -0.2) is 0 Å². The van der Waals surface area contributed by atoms with Crippen LogP contribution in [0.2, 0.25) is 0 Å². The molecule has 0 radical (unpaired) electrons. The Morgan fingerprint density at radius 3 is 3.32 bits per heavy atom. The first kappa shape index (κ1) is 12.2. The average Bonchev–Trinajstić information content (AvgIpc) is 3.07. The Morgan fingerprint density at radius 2 is 2.47 bits per heavy atom. The summed E-state index contributed by atoms with van der Waals surface area (Å²) in [4.78, 5) is 12.9. The van der Waals surface area contributed by atoms with Gasteiger partial charge in [0.2, 0.25) is 5.91 Å². The molecule has 0 aliphatic carbocycles. The third-order valence-electron chi connectivity index (χ3n) is 3.24. The van der Waals surface area contributed by atoms with Crippen molar-refractivity contribution in [1.82, 2.24) is 15.1 Å². The zero-order valence-corrected chi connectivity index (χ0v) is 11.3. The van der Waals surface area contributed by atoms with E-state index in [1.807, 2.05) is 40.5 Å². The van der Waals surface area contributed by atoms with E-state index in [-0.39, 0.29) is 11.9 Å². The molecule has 2 aromatic heterocycles. The molecule has 3 heterocycles. The number of aromatic nitrogens is 2. The molecule has 1 atom stereocenters. The van der Waals surface area contributed by atoms with Gasteiger partial charge in [-0.1, -0.05) is 6.07 Å². The standard InChI is InChI=1S/C14H15N3OS/c18-14(4-3-13-2-1-9-19-13)16-11-6-8-17-12(10-11)5-7-15-17/h1-5,7,9,11H,6,8,10H2,(H,16,18)/b4-3+. The van der Waals surface area contributed by atoms with Crippen LogP contribution in [-0.4, -0.2) is 21.7 Å². The van der Waals surface area contributed by atoms with Crippen LogP contribution in [0, 0.1) is 0 Å². The highest BCUT2D eigenvalue weighted by atomic mass is 32.1. The highest BCUT2D eigenvalue weighted by Crippen LogP contribution is 2.14. The number of carbonyl (C=O) groups excluding carboxylic acids is 1. The van der Waals surface area contributed by atoms with E-state index in [0.717, 1.165) is 24.3 Å². The topological polar surface area (TPSA) is 46.9 Å². The fourth-order valence-electron chi connectivity index (χ4n) is 2.28. The minimum absolute atomic E-state index is 0.0219. The second-order valence-corrected chi connectivity index (χ2v) is 5.57. The first-order valence-electron chi connectivity index (χ1n) is 6.34. The Hall–Kier alpha value is -1.88. The molecule has 1 amide bonds. The van der Waals surface area contributed by atoms with Crippen LogP contribution in [0.15, 0.2) is 35.9 Å². The number of nitrogens with one attached hydrogen (secondary N) is 1. The normalized spacial score (nSPS) is 18.4. The van der Waals surface area contributed by atoms with Crippen LogP contribution in [0.4, 0.5) is 0 Å². The lowest BCUT2D eigenvalue weighted by molar-refractivity contribution is -0.117. The molecule has 1 unspecified atom stereocenters. The maximum Gasteiger partial charge on any atom is 0.244 e. The number of nitrogens with zero attached hydrogens (tertiary/aromatic N) is 2. The van der Waals surface area contributed by atoms with Crippen molar-refractivity contribution in [2.75, 3.05) is 0 Å². The van der Waals surface area contributed by atoms with Gasteiger partial charge in [0.15, 0.2) is 0 Å². The second-order valence-electron chi connectivity index (χ2n) is 4.59. The third kappa shape index (κ3) is 2.93. The number of amides is 1. The second kappa shape index (κ2) is 5.40. The summed E-state index contributed by atoms with van der Waals surface area (Å²) in [5.74, 6) is -0.0219. The summed E-state index contributed by atoms with van der Waals surface area (Å²) >= 11 is 1.62. The molecule has 1 aliphatic rings. The first-order chi connectivity index (χ1) is 9.31. The van der Waals surface area contributed by atoms with Crippen LogP contribution in [0.1, 0.15) is 17.0 Å². The predicted molar refractivity (Wildman–Crippen MR) is 75.8 cm³/mol. The van der Waals surface area contributed by atoms with Crippen LogP contribution < -0.4 is 5.32 Å². The number of hydrogen-bond acceptors (Lipinski definition) is 3. The van der Waals surface area contributed by atoms with Crippen molar-refractivity contribution in [2.45, 2.75) is 25.4 Å². The van der Waals surface area contributed by atoms with Crippen molar-refractivity contribution < 1.29 is 4.79 Å². The number of carbonyl (C=O) groups is 1. The first-order valence-corrected chi connectivity index (χ1v) is 7.22. The molecule has 2 aromatic rings. The number of fused-ring (bicyclic) bond motifs is 1. The Bertz CT molecular complexity index is 586. The maximum absolute atomic E-state index is 11.8. The van der Waals surface area contributed by atoms with E-state index in [4.69, 9.17) is 0 Å². The van der Waals surface area contributed by atoms with E-state index >= 15 is 0 Å². The molecule has 0 bridgehead atoms. The lowest BCUT2D eigenvalue weighted by atomic mass is 10.0. The predicted octanol–water partition coefficient (Wildman–Crippen LogP) is 2.09. The van der Waals surface area contributed by atoms with Gasteiger partial charge in [-0.2, -0.15) is 5.10 Å². The van der Waals surface area contributed by atoms with Crippen molar-refractivity contribution >= 4 is 23.3 Å². The fraction of sp³-hybridized carbons (Fsp3) is 0.286. The van der Waals surface area contributed by atoms with Gasteiger partial charge in [0.05, 0.1) is 0 Å². The lowest BCUT2D eigenvalue weighted by Gasteiger charge is -2.23. The lowest BCUT2D eigenvalue weighted by Crippen LogP contribution is -2.39. The van der Waals surface area contributed by atoms with Gasteiger partial charge in [0.25, 0.3) is 0 Å². The molecular weight excluding hydrogens is 258 g/mol. The van der Waals surface area contributed by atoms with Crippen LogP contribution in [0.25, 0.3) is 6.08 Å². The van der Waals surface area contributed by atoms with Gasteiger partial charge in [-0.15, -0.1) is 11.3 Å². The monoisotopic (exact) mass is 273 g/mol. The van der Waals surface area contributed by atoms with Crippen molar-refractivity contribution in [1.29, 1.82) is 0 Å². The zero-order valence-electron chi connectivity index (χ0n) is 10.5. The number of thiophene rings is 1. The summed E-state index contributed by atoms with van der Waals surface area (Å²) < 4.78 is 2.00. The van der Waals surface area contributed by atoms with Crippen LogP contribution in [-0.2, 0) is 17.8 Å². The van der Waals surface area contributed by atoms with Gasteiger partial charge < -0.3 is 5.32 Å². The van der Waals surface area contributed by atoms with Crippen molar-refractivity contribution in [3.8, 4) is 0 Å². The highest BCUT2D eigenvalue weighted by molar-refractivity contribution is 7.10. The largest absolute Gasteiger partial charge is 0.349 e. The minimum Gasteiger partial charge on any atom is -0.349 e. The highest BCUT2D eigenvalue weighted by Gasteiger charge is 2.19.